The van der Waals surface area contributed by atoms with Crippen LogP contribution in [0.1, 0.15) is 48.8 Å². The number of nitrogens with one attached hydrogen (secondary N) is 1. The topological polar surface area (TPSA) is 52.7 Å². The van der Waals surface area contributed by atoms with Gasteiger partial charge in [-0.25, -0.2) is 13.6 Å². The highest BCUT2D eigenvalue weighted by atomic mass is 19.2. The molecule has 3 aromatic rings. The first kappa shape index (κ1) is 25.3. The van der Waals surface area contributed by atoms with E-state index >= 15 is 4.39 Å². The predicted octanol–water partition coefficient (Wildman–Crippen LogP) is 6.51. The van der Waals surface area contributed by atoms with E-state index in [2.05, 4.69) is 23.5 Å². The Morgan fingerprint density at radius 1 is 0.949 bits per heavy atom. The van der Waals surface area contributed by atoms with E-state index in [1.165, 1.54) is 11.6 Å². The Bertz CT molecular complexity index is 1420. The van der Waals surface area contributed by atoms with Crippen LogP contribution in [0.5, 0.6) is 0 Å². The Morgan fingerprint density at radius 3 is 2.31 bits per heavy atom. The van der Waals surface area contributed by atoms with E-state index in [1.54, 1.807) is 9.80 Å². The van der Waals surface area contributed by atoms with Crippen LogP contribution in [0.25, 0.3) is 5.57 Å². The number of hydrogen-bond donors (Lipinski definition) is 1. The Labute approximate surface area is 227 Å². The zero-order valence-corrected chi connectivity index (χ0v) is 21.7. The number of amides is 3. The van der Waals surface area contributed by atoms with Gasteiger partial charge < -0.3 is 15.1 Å². The van der Waals surface area contributed by atoms with Gasteiger partial charge in [0.25, 0.3) is 0 Å². The van der Waals surface area contributed by atoms with Crippen LogP contribution < -0.4 is 5.32 Å². The molecule has 7 heteroatoms. The van der Waals surface area contributed by atoms with Crippen LogP contribution in [0, 0.1) is 11.6 Å². The molecular weight excluding hydrogens is 496 g/mol. The van der Waals surface area contributed by atoms with Crippen LogP contribution in [-0.2, 0) is 16.8 Å². The van der Waals surface area contributed by atoms with E-state index in [0.29, 0.717) is 32.4 Å². The van der Waals surface area contributed by atoms with Crippen molar-refractivity contribution in [3.05, 3.63) is 107 Å². The van der Waals surface area contributed by atoms with Crippen LogP contribution in [-0.4, -0.2) is 40.9 Å². The number of carbonyl (C=O) groups excluding carboxylic acids is 2. The standard InChI is InChI=1S/C32H31F2N3O2/c33-25-13-14-26-28(29(25)34)32(17-7-8-18-32)37(31(39)35-26)27(21-22-9-3-1-4-10-22)30(38)36-19-15-24(16-20-36)23-11-5-2-6-12-23/h1-6,9-15,27H,7-8,16-21H2,(H,35,39). The normalized spacial score (nSPS) is 18.9. The van der Waals surface area contributed by atoms with Crippen molar-refractivity contribution in [1.29, 1.82) is 0 Å². The van der Waals surface area contributed by atoms with Gasteiger partial charge in [0.1, 0.15) is 6.04 Å². The van der Waals surface area contributed by atoms with Gasteiger partial charge in [0.2, 0.25) is 5.91 Å². The number of nitrogens with zero attached hydrogens (tertiary/aromatic N) is 2. The first-order chi connectivity index (χ1) is 19.0. The van der Waals surface area contributed by atoms with Crippen molar-refractivity contribution < 1.29 is 18.4 Å². The molecule has 0 bridgehead atoms. The molecule has 0 aromatic heterocycles. The number of rotatable bonds is 5. The van der Waals surface area contributed by atoms with Crippen molar-refractivity contribution in [2.75, 3.05) is 18.4 Å². The highest BCUT2D eigenvalue weighted by molar-refractivity contribution is 5.98. The number of anilines is 1. The number of benzene rings is 3. The number of carbonyl (C=O) groups is 2. The zero-order valence-electron chi connectivity index (χ0n) is 21.7. The lowest BCUT2D eigenvalue weighted by Gasteiger charge is -2.50. The molecule has 1 atom stereocenters. The second-order valence-corrected chi connectivity index (χ2v) is 10.7. The number of halogens is 2. The predicted molar refractivity (Wildman–Crippen MR) is 147 cm³/mol. The maximum Gasteiger partial charge on any atom is 0.323 e. The summed E-state index contributed by atoms with van der Waals surface area (Å²) in [6, 6.07) is 20.8. The molecule has 6 rings (SSSR count). The Kier molecular flexibility index (Phi) is 6.67. The first-order valence-electron chi connectivity index (χ1n) is 13.6. The van der Waals surface area contributed by atoms with Gasteiger partial charge in [-0.1, -0.05) is 79.6 Å². The number of fused-ring (bicyclic) bond motifs is 2. The van der Waals surface area contributed by atoms with Crippen LogP contribution >= 0.6 is 0 Å². The van der Waals surface area contributed by atoms with Gasteiger partial charge in [0.15, 0.2) is 11.6 Å². The van der Waals surface area contributed by atoms with Crippen molar-refractivity contribution in [3.8, 4) is 0 Å². The highest BCUT2D eigenvalue weighted by Crippen LogP contribution is 2.51. The van der Waals surface area contributed by atoms with Crippen molar-refractivity contribution in [1.82, 2.24) is 9.80 Å². The second-order valence-electron chi connectivity index (χ2n) is 10.7. The largest absolute Gasteiger partial charge is 0.337 e. The molecule has 1 N–H and O–H groups in total. The van der Waals surface area contributed by atoms with Gasteiger partial charge >= 0.3 is 6.03 Å². The minimum atomic E-state index is -1.08. The third-order valence-corrected chi connectivity index (χ3v) is 8.45. The Balaban J connectivity index is 1.39. The smallest absolute Gasteiger partial charge is 0.323 e. The van der Waals surface area contributed by atoms with E-state index in [1.807, 2.05) is 48.5 Å². The average Bonchev–Trinajstić information content (AvgIpc) is 3.44. The van der Waals surface area contributed by atoms with E-state index in [9.17, 15) is 14.0 Å². The van der Waals surface area contributed by atoms with Crippen molar-refractivity contribution in [2.45, 2.75) is 50.1 Å². The summed E-state index contributed by atoms with van der Waals surface area (Å²) in [6.45, 7) is 0.948. The summed E-state index contributed by atoms with van der Waals surface area (Å²) in [5.74, 6) is -2.07. The summed E-state index contributed by atoms with van der Waals surface area (Å²) >= 11 is 0. The average molecular weight is 528 g/mol. The van der Waals surface area contributed by atoms with Crippen molar-refractivity contribution in [2.24, 2.45) is 0 Å². The molecule has 1 saturated carbocycles. The highest BCUT2D eigenvalue weighted by Gasteiger charge is 2.54. The third kappa shape index (κ3) is 4.50. The van der Waals surface area contributed by atoms with Gasteiger partial charge in [-0.15, -0.1) is 0 Å². The minimum Gasteiger partial charge on any atom is -0.337 e. The number of hydrogen-bond acceptors (Lipinski definition) is 2. The molecular formula is C32H31F2N3O2. The lowest BCUT2D eigenvalue weighted by Crippen LogP contribution is -2.63. The zero-order chi connectivity index (χ0) is 27.0. The molecule has 2 heterocycles. The molecule has 200 valence electrons. The molecule has 1 aliphatic carbocycles. The first-order valence-corrected chi connectivity index (χ1v) is 13.6. The molecule has 3 aromatic carbocycles. The van der Waals surface area contributed by atoms with Gasteiger partial charge in [-0.2, -0.15) is 0 Å². The molecule has 0 saturated heterocycles. The van der Waals surface area contributed by atoms with Crippen LogP contribution in [0.3, 0.4) is 0 Å². The molecule has 2 aliphatic heterocycles. The van der Waals surface area contributed by atoms with Gasteiger partial charge in [-0.3, -0.25) is 4.79 Å². The lowest BCUT2D eigenvalue weighted by atomic mass is 9.81. The summed E-state index contributed by atoms with van der Waals surface area (Å²) in [7, 11) is 0. The fraction of sp³-hybridized carbons (Fsp3) is 0.312. The molecule has 39 heavy (non-hydrogen) atoms. The van der Waals surface area contributed by atoms with Crippen molar-refractivity contribution in [3.63, 3.8) is 0 Å². The van der Waals surface area contributed by atoms with Crippen molar-refractivity contribution >= 4 is 23.2 Å². The third-order valence-electron chi connectivity index (χ3n) is 8.45. The monoisotopic (exact) mass is 527 g/mol. The van der Waals surface area contributed by atoms with E-state index in [-0.39, 0.29) is 23.6 Å². The van der Waals surface area contributed by atoms with Gasteiger partial charge in [0.05, 0.1) is 11.2 Å². The van der Waals surface area contributed by atoms with E-state index < -0.39 is 29.2 Å². The maximum absolute atomic E-state index is 15.5. The van der Waals surface area contributed by atoms with E-state index in [0.717, 1.165) is 30.0 Å². The molecule has 1 unspecified atom stereocenters. The summed E-state index contributed by atoms with van der Waals surface area (Å²) in [6.07, 6.45) is 5.54. The molecule has 0 radical (unpaired) electrons. The second kappa shape index (κ2) is 10.3. The summed E-state index contributed by atoms with van der Waals surface area (Å²) in [5.41, 5.74) is 2.60. The molecule has 5 nitrogen and oxygen atoms in total. The fourth-order valence-electron chi connectivity index (χ4n) is 6.61. The van der Waals surface area contributed by atoms with Crippen LogP contribution in [0.2, 0.25) is 0 Å². The van der Waals surface area contributed by atoms with Crippen LogP contribution in [0.15, 0.2) is 78.9 Å². The Hall–Kier alpha value is -4.00. The quantitative estimate of drug-likeness (QED) is 0.411. The van der Waals surface area contributed by atoms with E-state index in [4.69, 9.17) is 0 Å². The lowest BCUT2D eigenvalue weighted by molar-refractivity contribution is -0.137. The Morgan fingerprint density at radius 2 is 1.64 bits per heavy atom. The fourth-order valence-corrected chi connectivity index (χ4v) is 6.61. The molecule has 1 spiro atoms. The molecule has 3 aliphatic rings. The minimum absolute atomic E-state index is 0.162. The summed E-state index contributed by atoms with van der Waals surface area (Å²) in [5, 5.41) is 2.78. The molecule has 1 fully saturated rings. The van der Waals surface area contributed by atoms with Crippen LogP contribution in [0.4, 0.5) is 19.3 Å². The maximum atomic E-state index is 15.5. The SMILES string of the molecule is O=C(C(Cc1ccccc1)N1C(=O)Nc2ccc(F)c(F)c2C12CCCC2)N1CC=C(c2ccccc2)CC1. The van der Waals surface area contributed by atoms with Gasteiger partial charge in [0, 0.05) is 25.1 Å². The van der Waals surface area contributed by atoms with Gasteiger partial charge in [-0.05, 0) is 48.1 Å². The molecule has 3 amide bonds. The summed E-state index contributed by atoms with van der Waals surface area (Å²) in [4.78, 5) is 31.4. The summed E-state index contributed by atoms with van der Waals surface area (Å²) < 4.78 is 30.0. The number of urea groups is 1.